The zero-order valence-corrected chi connectivity index (χ0v) is 12.4. The van der Waals surface area contributed by atoms with Crippen molar-refractivity contribution < 1.29 is 13.5 Å². The van der Waals surface area contributed by atoms with Gasteiger partial charge < -0.3 is 10.1 Å². The topological polar surface area (TPSA) is 34.1 Å². The second-order valence-corrected chi connectivity index (χ2v) is 5.74. The number of rotatable bonds is 5. The highest BCUT2D eigenvalue weighted by molar-refractivity contribution is 7.11. The summed E-state index contributed by atoms with van der Waals surface area (Å²) in [5, 5.41) is 3.55. The molecule has 0 spiro atoms. The molecule has 3 nitrogen and oxygen atoms in total. The van der Waals surface area contributed by atoms with Gasteiger partial charge in [0.2, 0.25) is 0 Å². The molecule has 20 heavy (non-hydrogen) atoms. The lowest BCUT2D eigenvalue weighted by Crippen LogP contribution is -2.07. The Kier molecular flexibility index (Phi) is 4.67. The number of aryl methyl sites for hydroxylation is 2. The standard InChI is InChI=1S/C14H16F2N2OS/c1-8-9(2)20-13(18-8)7-19-14-11(15)4-10(6-17-3)5-12(14)16/h4-5,17H,6-7H2,1-3H3. The van der Waals surface area contributed by atoms with Gasteiger partial charge in [0.15, 0.2) is 17.4 Å². The molecule has 0 radical (unpaired) electrons. The van der Waals surface area contributed by atoms with Crippen molar-refractivity contribution in [2.45, 2.75) is 27.0 Å². The first-order valence-corrected chi connectivity index (χ1v) is 7.01. The summed E-state index contributed by atoms with van der Waals surface area (Å²) in [5.41, 5.74) is 1.45. The Hall–Kier alpha value is -1.53. The lowest BCUT2D eigenvalue weighted by Gasteiger charge is -2.09. The summed E-state index contributed by atoms with van der Waals surface area (Å²) in [5.74, 6) is -1.74. The Balaban J connectivity index is 2.13. The predicted octanol–water partition coefficient (Wildman–Crippen LogP) is 3.34. The summed E-state index contributed by atoms with van der Waals surface area (Å²) < 4.78 is 32.9. The third-order valence-electron chi connectivity index (χ3n) is 2.85. The van der Waals surface area contributed by atoms with Crippen molar-refractivity contribution in [1.29, 1.82) is 0 Å². The smallest absolute Gasteiger partial charge is 0.191 e. The SMILES string of the molecule is CNCc1cc(F)c(OCc2nc(C)c(C)s2)c(F)c1. The number of nitrogens with zero attached hydrogens (tertiary/aromatic N) is 1. The van der Waals surface area contributed by atoms with Crippen molar-refractivity contribution in [2.75, 3.05) is 7.05 Å². The van der Waals surface area contributed by atoms with Gasteiger partial charge in [0.05, 0.1) is 5.69 Å². The molecular weight excluding hydrogens is 282 g/mol. The third kappa shape index (κ3) is 3.32. The molecule has 0 atom stereocenters. The molecule has 1 heterocycles. The van der Waals surface area contributed by atoms with Gasteiger partial charge in [-0.05, 0) is 38.6 Å². The van der Waals surface area contributed by atoms with E-state index in [2.05, 4.69) is 10.3 Å². The Labute approximate surface area is 120 Å². The first-order chi connectivity index (χ1) is 9.51. The lowest BCUT2D eigenvalue weighted by molar-refractivity contribution is 0.273. The summed E-state index contributed by atoms with van der Waals surface area (Å²) in [7, 11) is 1.72. The van der Waals surface area contributed by atoms with E-state index in [9.17, 15) is 8.78 Å². The zero-order valence-electron chi connectivity index (χ0n) is 11.6. The largest absolute Gasteiger partial charge is 0.480 e. The van der Waals surface area contributed by atoms with Crippen LogP contribution in [-0.4, -0.2) is 12.0 Å². The van der Waals surface area contributed by atoms with E-state index < -0.39 is 11.6 Å². The number of nitrogens with one attached hydrogen (secondary N) is 1. The molecule has 1 aromatic carbocycles. The van der Waals surface area contributed by atoms with E-state index in [1.807, 2.05) is 13.8 Å². The molecule has 0 aliphatic carbocycles. The number of thiazole rings is 1. The molecule has 0 amide bonds. The van der Waals surface area contributed by atoms with Crippen LogP contribution in [0.1, 0.15) is 21.1 Å². The van der Waals surface area contributed by atoms with E-state index in [1.54, 1.807) is 7.05 Å². The molecule has 0 unspecified atom stereocenters. The lowest BCUT2D eigenvalue weighted by atomic mass is 10.2. The average Bonchev–Trinajstić information content (AvgIpc) is 2.68. The van der Waals surface area contributed by atoms with E-state index in [0.717, 1.165) is 10.6 Å². The molecule has 0 fully saturated rings. The van der Waals surface area contributed by atoms with Gasteiger partial charge in [-0.3, -0.25) is 0 Å². The maximum absolute atomic E-state index is 13.8. The summed E-state index contributed by atoms with van der Waals surface area (Å²) in [6, 6.07) is 2.54. The Bertz CT molecular complexity index is 571. The summed E-state index contributed by atoms with van der Waals surface area (Å²) in [6.07, 6.45) is 0. The summed E-state index contributed by atoms with van der Waals surface area (Å²) >= 11 is 1.47. The number of benzene rings is 1. The van der Waals surface area contributed by atoms with E-state index in [0.29, 0.717) is 17.1 Å². The molecule has 0 aliphatic rings. The molecule has 108 valence electrons. The van der Waals surface area contributed by atoms with Crippen molar-refractivity contribution in [3.63, 3.8) is 0 Å². The fourth-order valence-electron chi connectivity index (χ4n) is 1.79. The molecule has 0 saturated carbocycles. The van der Waals surface area contributed by atoms with Crippen molar-refractivity contribution in [1.82, 2.24) is 10.3 Å². The second-order valence-electron chi connectivity index (χ2n) is 4.46. The highest BCUT2D eigenvalue weighted by Gasteiger charge is 2.14. The second kappa shape index (κ2) is 6.28. The maximum Gasteiger partial charge on any atom is 0.191 e. The minimum Gasteiger partial charge on any atom is -0.480 e. The van der Waals surface area contributed by atoms with Crippen LogP contribution in [0, 0.1) is 25.5 Å². The van der Waals surface area contributed by atoms with Crippen molar-refractivity contribution in [2.24, 2.45) is 0 Å². The van der Waals surface area contributed by atoms with Crippen LogP contribution in [0.2, 0.25) is 0 Å². The number of aromatic nitrogens is 1. The quantitative estimate of drug-likeness (QED) is 0.919. The normalized spacial score (nSPS) is 10.8. The minimum atomic E-state index is -0.694. The Morgan fingerprint density at radius 2 is 1.90 bits per heavy atom. The fourth-order valence-corrected chi connectivity index (χ4v) is 2.64. The molecule has 0 aliphatic heterocycles. The maximum atomic E-state index is 13.8. The van der Waals surface area contributed by atoms with Gasteiger partial charge in [-0.15, -0.1) is 11.3 Å². The molecule has 6 heteroatoms. The molecule has 0 saturated heterocycles. The van der Waals surface area contributed by atoms with Gasteiger partial charge in [0.1, 0.15) is 11.6 Å². The fraction of sp³-hybridized carbons (Fsp3) is 0.357. The summed E-state index contributed by atoms with van der Waals surface area (Å²) in [4.78, 5) is 5.35. The van der Waals surface area contributed by atoms with Crippen LogP contribution in [0.15, 0.2) is 12.1 Å². The van der Waals surface area contributed by atoms with Gasteiger partial charge in [0.25, 0.3) is 0 Å². The van der Waals surface area contributed by atoms with E-state index in [1.165, 1.54) is 23.5 Å². The first-order valence-electron chi connectivity index (χ1n) is 6.19. The van der Waals surface area contributed by atoms with Crippen LogP contribution in [0.3, 0.4) is 0 Å². The van der Waals surface area contributed by atoms with Crippen LogP contribution in [-0.2, 0) is 13.2 Å². The monoisotopic (exact) mass is 298 g/mol. The van der Waals surface area contributed by atoms with Gasteiger partial charge in [-0.2, -0.15) is 0 Å². The van der Waals surface area contributed by atoms with E-state index in [-0.39, 0.29) is 12.4 Å². The van der Waals surface area contributed by atoms with Gasteiger partial charge in [-0.1, -0.05) is 0 Å². The van der Waals surface area contributed by atoms with Crippen LogP contribution < -0.4 is 10.1 Å². The predicted molar refractivity (Wildman–Crippen MR) is 75.0 cm³/mol. The number of ether oxygens (including phenoxy) is 1. The number of halogens is 2. The number of hydrogen-bond acceptors (Lipinski definition) is 4. The Morgan fingerprint density at radius 3 is 2.40 bits per heavy atom. The van der Waals surface area contributed by atoms with Gasteiger partial charge in [0, 0.05) is 11.4 Å². The Morgan fingerprint density at radius 1 is 1.25 bits per heavy atom. The first kappa shape index (κ1) is 14.9. The molecule has 1 aromatic heterocycles. The van der Waals surface area contributed by atoms with Gasteiger partial charge >= 0.3 is 0 Å². The highest BCUT2D eigenvalue weighted by atomic mass is 32.1. The van der Waals surface area contributed by atoms with Crippen LogP contribution in [0.5, 0.6) is 5.75 Å². The zero-order chi connectivity index (χ0) is 14.7. The van der Waals surface area contributed by atoms with Crippen molar-refractivity contribution in [3.05, 3.63) is 44.9 Å². The molecule has 2 rings (SSSR count). The van der Waals surface area contributed by atoms with E-state index >= 15 is 0 Å². The van der Waals surface area contributed by atoms with E-state index in [4.69, 9.17) is 4.74 Å². The minimum absolute atomic E-state index is 0.0680. The van der Waals surface area contributed by atoms with Crippen LogP contribution in [0.25, 0.3) is 0 Å². The van der Waals surface area contributed by atoms with Crippen molar-refractivity contribution in [3.8, 4) is 5.75 Å². The molecule has 0 bridgehead atoms. The van der Waals surface area contributed by atoms with Gasteiger partial charge in [-0.25, -0.2) is 13.8 Å². The number of hydrogen-bond donors (Lipinski definition) is 1. The summed E-state index contributed by atoms with van der Waals surface area (Å²) in [6.45, 7) is 4.31. The van der Waals surface area contributed by atoms with Crippen LogP contribution in [0.4, 0.5) is 8.78 Å². The molecule has 2 aromatic rings. The average molecular weight is 298 g/mol. The highest BCUT2D eigenvalue weighted by Crippen LogP contribution is 2.25. The molecule has 1 N–H and O–H groups in total. The third-order valence-corrected chi connectivity index (χ3v) is 3.90. The van der Waals surface area contributed by atoms with Crippen molar-refractivity contribution >= 4 is 11.3 Å². The van der Waals surface area contributed by atoms with Crippen LogP contribution >= 0.6 is 11.3 Å². The molecular formula is C14H16F2N2OS.